The Bertz CT molecular complexity index is 580. The van der Waals surface area contributed by atoms with Crippen LogP contribution in [0.25, 0.3) is 0 Å². The SMILES string of the molecule is O=C(NCc1ccon1)Nc1cccc(C(=O)O)c1. The zero-order valence-electron chi connectivity index (χ0n) is 9.79. The number of carboxylic acids is 1. The minimum atomic E-state index is -1.05. The summed E-state index contributed by atoms with van der Waals surface area (Å²) in [6, 6.07) is 7.15. The van der Waals surface area contributed by atoms with Crippen LogP contribution in [0.1, 0.15) is 16.1 Å². The van der Waals surface area contributed by atoms with Gasteiger partial charge in [-0.15, -0.1) is 0 Å². The van der Waals surface area contributed by atoms with Gasteiger partial charge in [-0.1, -0.05) is 11.2 Å². The summed E-state index contributed by atoms with van der Waals surface area (Å²) >= 11 is 0. The second-order valence-corrected chi connectivity index (χ2v) is 3.68. The molecule has 1 aromatic heterocycles. The molecule has 1 aromatic carbocycles. The number of nitrogens with zero attached hydrogens (tertiary/aromatic N) is 1. The summed E-state index contributed by atoms with van der Waals surface area (Å²) in [7, 11) is 0. The van der Waals surface area contributed by atoms with Crippen molar-refractivity contribution < 1.29 is 19.2 Å². The van der Waals surface area contributed by atoms with Crippen LogP contribution in [-0.2, 0) is 6.54 Å². The number of urea groups is 1. The van der Waals surface area contributed by atoms with Gasteiger partial charge in [-0.05, 0) is 18.2 Å². The second-order valence-electron chi connectivity index (χ2n) is 3.68. The summed E-state index contributed by atoms with van der Waals surface area (Å²) in [6.45, 7) is 0.223. The van der Waals surface area contributed by atoms with Gasteiger partial charge < -0.3 is 20.3 Å². The van der Waals surface area contributed by atoms with Gasteiger partial charge in [0.25, 0.3) is 0 Å². The molecule has 98 valence electrons. The van der Waals surface area contributed by atoms with Gasteiger partial charge in [0.05, 0.1) is 12.1 Å². The van der Waals surface area contributed by atoms with E-state index < -0.39 is 12.0 Å². The molecule has 0 unspecified atom stereocenters. The highest BCUT2D eigenvalue weighted by Crippen LogP contribution is 2.10. The van der Waals surface area contributed by atoms with Crippen molar-refractivity contribution in [3.05, 3.63) is 47.9 Å². The lowest BCUT2D eigenvalue weighted by Crippen LogP contribution is -2.28. The molecule has 1 heterocycles. The highest BCUT2D eigenvalue weighted by molar-refractivity contribution is 5.93. The van der Waals surface area contributed by atoms with Crippen molar-refractivity contribution in [3.8, 4) is 0 Å². The van der Waals surface area contributed by atoms with Crippen LogP contribution in [0.4, 0.5) is 10.5 Å². The molecule has 2 rings (SSSR count). The van der Waals surface area contributed by atoms with E-state index in [1.165, 1.54) is 18.4 Å². The first-order valence-electron chi connectivity index (χ1n) is 5.42. The van der Waals surface area contributed by atoms with Gasteiger partial charge in [0.2, 0.25) is 0 Å². The first-order chi connectivity index (χ1) is 9.15. The standard InChI is InChI=1S/C12H11N3O4/c16-11(17)8-2-1-3-9(6-8)14-12(18)13-7-10-4-5-19-15-10/h1-6H,7H2,(H,16,17)(H2,13,14,18). The molecule has 0 aliphatic heterocycles. The Balaban J connectivity index is 1.91. The van der Waals surface area contributed by atoms with Gasteiger partial charge >= 0.3 is 12.0 Å². The highest BCUT2D eigenvalue weighted by atomic mass is 16.5. The topological polar surface area (TPSA) is 104 Å². The molecule has 0 aliphatic rings. The molecule has 7 nitrogen and oxygen atoms in total. The molecule has 19 heavy (non-hydrogen) atoms. The van der Waals surface area contributed by atoms with Crippen molar-refractivity contribution in [2.75, 3.05) is 5.32 Å². The van der Waals surface area contributed by atoms with E-state index in [0.717, 1.165) is 0 Å². The summed E-state index contributed by atoms with van der Waals surface area (Å²) in [6.07, 6.45) is 1.41. The lowest BCUT2D eigenvalue weighted by atomic mass is 10.2. The van der Waals surface area contributed by atoms with E-state index in [9.17, 15) is 9.59 Å². The number of carbonyl (C=O) groups excluding carboxylic acids is 1. The van der Waals surface area contributed by atoms with Crippen molar-refractivity contribution in [3.63, 3.8) is 0 Å². The van der Waals surface area contributed by atoms with E-state index >= 15 is 0 Å². The summed E-state index contributed by atoms with van der Waals surface area (Å²) in [4.78, 5) is 22.3. The quantitative estimate of drug-likeness (QED) is 0.776. The van der Waals surface area contributed by atoms with E-state index in [4.69, 9.17) is 5.11 Å². The zero-order chi connectivity index (χ0) is 13.7. The highest BCUT2D eigenvalue weighted by Gasteiger charge is 2.06. The monoisotopic (exact) mass is 261 g/mol. The summed E-state index contributed by atoms with van der Waals surface area (Å²) in [5, 5.41) is 17.6. The maximum absolute atomic E-state index is 11.6. The molecule has 2 amide bonds. The molecular formula is C12H11N3O4. The van der Waals surface area contributed by atoms with Crippen LogP contribution in [0.15, 0.2) is 41.1 Å². The number of nitrogens with one attached hydrogen (secondary N) is 2. The third kappa shape index (κ3) is 3.56. The first kappa shape index (κ1) is 12.6. The fourth-order valence-electron chi connectivity index (χ4n) is 1.40. The van der Waals surface area contributed by atoms with Crippen molar-refractivity contribution in [2.45, 2.75) is 6.54 Å². The number of carboxylic acid groups (broad SMARTS) is 1. The number of rotatable bonds is 4. The van der Waals surface area contributed by atoms with Gasteiger partial charge in [-0.2, -0.15) is 0 Å². The van der Waals surface area contributed by atoms with Gasteiger partial charge in [0.15, 0.2) is 0 Å². The number of hydrogen-bond donors (Lipinski definition) is 3. The molecule has 0 fully saturated rings. The van der Waals surface area contributed by atoms with Crippen molar-refractivity contribution in [1.29, 1.82) is 0 Å². The molecule has 3 N–H and O–H groups in total. The van der Waals surface area contributed by atoms with Crippen molar-refractivity contribution >= 4 is 17.7 Å². The number of aromatic carboxylic acids is 1. The third-order valence-corrected chi connectivity index (χ3v) is 2.29. The molecule has 0 spiro atoms. The largest absolute Gasteiger partial charge is 0.478 e. The fraction of sp³-hybridized carbons (Fsp3) is 0.0833. The van der Waals surface area contributed by atoms with Crippen LogP contribution in [0.3, 0.4) is 0 Å². The van der Waals surface area contributed by atoms with Crippen LogP contribution >= 0.6 is 0 Å². The Labute approximate surface area is 108 Å². The predicted octanol–water partition coefficient (Wildman–Crippen LogP) is 1.69. The summed E-state index contributed by atoms with van der Waals surface area (Å²) in [5.41, 5.74) is 1.10. The molecular weight excluding hydrogens is 250 g/mol. The Morgan fingerprint density at radius 3 is 2.84 bits per heavy atom. The minimum Gasteiger partial charge on any atom is -0.478 e. The van der Waals surface area contributed by atoms with E-state index in [1.807, 2.05) is 0 Å². The Morgan fingerprint density at radius 1 is 1.32 bits per heavy atom. The number of benzene rings is 1. The first-order valence-corrected chi connectivity index (χ1v) is 5.42. The van der Waals surface area contributed by atoms with E-state index in [2.05, 4.69) is 20.3 Å². The average Bonchev–Trinajstić information content (AvgIpc) is 2.90. The Morgan fingerprint density at radius 2 is 2.16 bits per heavy atom. The molecule has 7 heteroatoms. The number of amides is 2. The number of hydrogen-bond acceptors (Lipinski definition) is 4. The Hall–Kier alpha value is -2.83. The van der Waals surface area contributed by atoms with Crippen LogP contribution in [0.2, 0.25) is 0 Å². The van der Waals surface area contributed by atoms with Crippen LogP contribution in [0.5, 0.6) is 0 Å². The fourth-order valence-corrected chi connectivity index (χ4v) is 1.40. The van der Waals surface area contributed by atoms with Crippen LogP contribution < -0.4 is 10.6 Å². The lowest BCUT2D eigenvalue weighted by molar-refractivity contribution is 0.0697. The molecule has 0 bridgehead atoms. The van der Waals surface area contributed by atoms with Gasteiger partial charge in [-0.3, -0.25) is 0 Å². The minimum absolute atomic E-state index is 0.106. The summed E-state index contributed by atoms with van der Waals surface area (Å²) in [5.74, 6) is -1.05. The van der Waals surface area contributed by atoms with Crippen molar-refractivity contribution in [2.24, 2.45) is 0 Å². The van der Waals surface area contributed by atoms with E-state index in [0.29, 0.717) is 11.4 Å². The average molecular weight is 261 g/mol. The maximum atomic E-state index is 11.6. The molecule has 2 aromatic rings. The number of carbonyl (C=O) groups is 2. The molecule has 0 saturated heterocycles. The molecule has 0 radical (unpaired) electrons. The van der Waals surface area contributed by atoms with Gasteiger partial charge in [0, 0.05) is 11.8 Å². The van der Waals surface area contributed by atoms with E-state index in [-0.39, 0.29) is 12.1 Å². The zero-order valence-corrected chi connectivity index (χ0v) is 9.79. The van der Waals surface area contributed by atoms with Crippen molar-refractivity contribution in [1.82, 2.24) is 10.5 Å². The van der Waals surface area contributed by atoms with Gasteiger partial charge in [-0.25, -0.2) is 9.59 Å². The van der Waals surface area contributed by atoms with E-state index in [1.54, 1.807) is 18.2 Å². The second kappa shape index (κ2) is 5.67. The molecule has 0 saturated carbocycles. The molecule has 0 atom stereocenters. The Kier molecular flexibility index (Phi) is 3.77. The third-order valence-electron chi connectivity index (χ3n) is 2.29. The van der Waals surface area contributed by atoms with Crippen LogP contribution in [-0.4, -0.2) is 22.3 Å². The summed E-state index contributed by atoms with van der Waals surface area (Å²) < 4.78 is 4.62. The predicted molar refractivity (Wildman–Crippen MR) is 65.8 cm³/mol. The number of anilines is 1. The normalized spacial score (nSPS) is 9.89. The van der Waals surface area contributed by atoms with Crippen LogP contribution in [0, 0.1) is 0 Å². The smallest absolute Gasteiger partial charge is 0.335 e. The lowest BCUT2D eigenvalue weighted by Gasteiger charge is -2.06. The van der Waals surface area contributed by atoms with Gasteiger partial charge in [0.1, 0.15) is 12.0 Å². The molecule has 0 aliphatic carbocycles. The number of aromatic nitrogens is 1. The maximum Gasteiger partial charge on any atom is 0.335 e.